The Hall–Kier alpha value is -1.72. The summed E-state index contributed by atoms with van der Waals surface area (Å²) in [6.07, 6.45) is -4.48. The summed E-state index contributed by atoms with van der Waals surface area (Å²) < 4.78 is 38.1. The molecule has 110 valence electrons. The molecule has 1 aliphatic rings. The number of amides is 1. The van der Waals surface area contributed by atoms with Gasteiger partial charge in [0.15, 0.2) is 0 Å². The van der Waals surface area contributed by atoms with E-state index in [9.17, 15) is 18.0 Å². The highest BCUT2D eigenvalue weighted by molar-refractivity contribution is 5.99. The summed E-state index contributed by atoms with van der Waals surface area (Å²) in [5, 5.41) is 0. The van der Waals surface area contributed by atoms with Crippen LogP contribution in [0.4, 0.5) is 18.9 Å². The lowest BCUT2D eigenvalue weighted by Gasteiger charge is -2.18. The summed E-state index contributed by atoms with van der Waals surface area (Å²) in [6.45, 7) is 5.15. The molecule has 0 bridgehead atoms. The molecule has 6 heteroatoms. The predicted octanol–water partition coefficient (Wildman–Crippen LogP) is 3.02. The van der Waals surface area contributed by atoms with E-state index >= 15 is 0 Å². The van der Waals surface area contributed by atoms with E-state index in [1.807, 2.05) is 13.8 Å². The minimum atomic E-state index is -4.48. The van der Waals surface area contributed by atoms with Crippen molar-refractivity contribution in [2.45, 2.75) is 20.0 Å². The minimum absolute atomic E-state index is 0.0684. The van der Waals surface area contributed by atoms with Crippen LogP contribution in [0.3, 0.4) is 0 Å². The van der Waals surface area contributed by atoms with Gasteiger partial charge in [0.1, 0.15) is 0 Å². The normalized spacial score (nSPS) is 23.1. The van der Waals surface area contributed by atoms with Gasteiger partial charge in [0, 0.05) is 18.8 Å². The summed E-state index contributed by atoms with van der Waals surface area (Å²) in [6, 6.07) is 2.87. The molecule has 0 saturated carbocycles. The van der Waals surface area contributed by atoms with E-state index in [1.54, 1.807) is 4.90 Å². The molecule has 1 saturated heterocycles. The van der Waals surface area contributed by atoms with E-state index in [0.29, 0.717) is 24.9 Å². The fraction of sp³-hybridized carbons (Fsp3) is 0.500. The Labute approximate surface area is 115 Å². The number of carbonyl (C=O) groups excluding carboxylic acids is 1. The lowest BCUT2D eigenvalue weighted by atomic mass is 10.0. The van der Waals surface area contributed by atoms with Gasteiger partial charge in [-0.1, -0.05) is 13.8 Å². The molecule has 1 aromatic carbocycles. The van der Waals surface area contributed by atoms with Crippen molar-refractivity contribution in [3.63, 3.8) is 0 Å². The minimum Gasteiger partial charge on any atom is -0.398 e. The number of carbonyl (C=O) groups is 1. The molecule has 0 spiro atoms. The molecule has 2 N–H and O–H groups in total. The van der Waals surface area contributed by atoms with Gasteiger partial charge in [-0.2, -0.15) is 13.2 Å². The second kappa shape index (κ2) is 5.00. The molecule has 20 heavy (non-hydrogen) atoms. The van der Waals surface area contributed by atoms with Crippen molar-refractivity contribution in [3.05, 3.63) is 29.3 Å². The van der Waals surface area contributed by atoms with Crippen molar-refractivity contribution in [3.8, 4) is 0 Å². The van der Waals surface area contributed by atoms with Crippen LogP contribution < -0.4 is 5.73 Å². The zero-order valence-corrected chi connectivity index (χ0v) is 11.4. The van der Waals surface area contributed by atoms with Crippen LogP contribution in [-0.2, 0) is 6.18 Å². The first-order chi connectivity index (χ1) is 9.20. The van der Waals surface area contributed by atoms with Crippen LogP contribution in [0.15, 0.2) is 18.2 Å². The Bertz CT molecular complexity index is 518. The number of alkyl halides is 3. The molecule has 3 nitrogen and oxygen atoms in total. The topological polar surface area (TPSA) is 46.3 Å². The Morgan fingerprint density at radius 2 is 1.80 bits per heavy atom. The molecule has 2 unspecified atom stereocenters. The van der Waals surface area contributed by atoms with Crippen LogP contribution in [-0.4, -0.2) is 23.9 Å². The van der Waals surface area contributed by atoms with Crippen LogP contribution in [0, 0.1) is 11.8 Å². The first kappa shape index (κ1) is 14.7. The summed E-state index contributed by atoms with van der Waals surface area (Å²) >= 11 is 0. The van der Waals surface area contributed by atoms with Gasteiger partial charge in [0.05, 0.1) is 11.1 Å². The van der Waals surface area contributed by atoms with Crippen LogP contribution in [0.5, 0.6) is 0 Å². The van der Waals surface area contributed by atoms with Crippen molar-refractivity contribution in [2.75, 3.05) is 18.8 Å². The molecule has 1 aromatic rings. The van der Waals surface area contributed by atoms with E-state index < -0.39 is 17.6 Å². The zero-order chi connectivity index (χ0) is 15.1. The van der Waals surface area contributed by atoms with Gasteiger partial charge in [-0.25, -0.2) is 0 Å². The Kier molecular flexibility index (Phi) is 3.67. The average Bonchev–Trinajstić information content (AvgIpc) is 2.68. The molecule has 1 fully saturated rings. The highest BCUT2D eigenvalue weighted by Crippen LogP contribution is 2.32. The number of benzene rings is 1. The quantitative estimate of drug-likeness (QED) is 0.807. The molecule has 1 aliphatic heterocycles. The molecule has 2 rings (SSSR count). The molecule has 1 amide bonds. The number of nitrogens with zero attached hydrogens (tertiary/aromatic N) is 1. The number of halogens is 3. The monoisotopic (exact) mass is 286 g/mol. The summed E-state index contributed by atoms with van der Waals surface area (Å²) in [7, 11) is 0. The van der Waals surface area contributed by atoms with E-state index in [0.717, 1.165) is 18.2 Å². The smallest absolute Gasteiger partial charge is 0.398 e. The predicted molar refractivity (Wildman–Crippen MR) is 70.1 cm³/mol. The average molecular weight is 286 g/mol. The number of nitrogens with two attached hydrogens (primary N) is 1. The van der Waals surface area contributed by atoms with Crippen molar-refractivity contribution in [1.82, 2.24) is 4.90 Å². The second-order valence-electron chi connectivity index (χ2n) is 5.46. The number of anilines is 1. The van der Waals surface area contributed by atoms with E-state index in [2.05, 4.69) is 0 Å². The maximum Gasteiger partial charge on any atom is 0.416 e. The van der Waals surface area contributed by atoms with Gasteiger partial charge >= 0.3 is 6.18 Å². The standard InChI is InChI=1S/C14H17F3N2O/c1-8-6-19(7-9(8)2)13(20)11-5-10(14(15,16)17)3-4-12(11)18/h3-5,8-9H,6-7,18H2,1-2H3. The van der Waals surface area contributed by atoms with Crippen molar-refractivity contribution < 1.29 is 18.0 Å². The number of nitrogen functional groups attached to an aromatic ring is 1. The SMILES string of the molecule is CC1CN(C(=O)c2cc(C(F)(F)F)ccc2N)CC1C. The van der Waals surface area contributed by atoms with E-state index in [-0.39, 0.29) is 11.3 Å². The van der Waals surface area contributed by atoms with Crippen LogP contribution in [0.1, 0.15) is 29.8 Å². The maximum absolute atomic E-state index is 12.7. The molecule has 0 aromatic heterocycles. The number of rotatable bonds is 1. The van der Waals surface area contributed by atoms with Crippen LogP contribution in [0.2, 0.25) is 0 Å². The van der Waals surface area contributed by atoms with Gasteiger partial charge in [-0.3, -0.25) is 4.79 Å². The maximum atomic E-state index is 12.7. The number of hydrogen-bond acceptors (Lipinski definition) is 2. The highest BCUT2D eigenvalue weighted by atomic mass is 19.4. The summed E-state index contributed by atoms with van der Waals surface area (Å²) in [4.78, 5) is 13.9. The fourth-order valence-corrected chi connectivity index (χ4v) is 2.38. The second-order valence-corrected chi connectivity index (χ2v) is 5.46. The molecular weight excluding hydrogens is 269 g/mol. The lowest BCUT2D eigenvalue weighted by molar-refractivity contribution is -0.137. The van der Waals surface area contributed by atoms with Crippen molar-refractivity contribution >= 4 is 11.6 Å². The largest absolute Gasteiger partial charge is 0.416 e. The Balaban J connectivity index is 2.30. The van der Waals surface area contributed by atoms with Crippen LogP contribution >= 0.6 is 0 Å². The lowest BCUT2D eigenvalue weighted by Crippen LogP contribution is -2.29. The third kappa shape index (κ3) is 2.73. The van der Waals surface area contributed by atoms with Gasteiger partial charge in [-0.05, 0) is 30.0 Å². The number of hydrogen-bond donors (Lipinski definition) is 1. The number of likely N-dealkylation sites (tertiary alicyclic amines) is 1. The van der Waals surface area contributed by atoms with E-state index in [1.165, 1.54) is 0 Å². The van der Waals surface area contributed by atoms with Gasteiger partial charge in [-0.15, -0.1) is 0 Å². The molecule has 1 heterocycles. The zero-order valence-electron chi connectivity index (χ0n) is 11.4. The molecule has 0 aliphatic carbocycles. The first-order valence-electron chi connectivity index (χ1n) is 6.46. The fourth-order valence-electron chi connectivity index (χ4n) is 2.38. The van der Waals surface area contributed by atoms with Gasteiger partial charge in [0.25, 0.3) is 5.91 Å². The Morgan fingerprint density at radius 1 is 1.25 bits per heavy atom. The summed E-state index contributed by atoms with van der Waals surface area (Å²) in [5.41, 5.74) is 4.81. The Morgan fingerprint density at radius 3 is 2.30 bits per heavy atom. The third-order valence-electron chi connectivity index (χ3n) is 3.89. The third-order valence-corrected chi connectivity index (χ3v) is 3.89. The first-order valence-corrected chi connectivity index (χ1v) is 6.46. The van der Waals surface area contributed by atoms with Gasteiger partial charge < -0.3 is 10.6 Å². The van der Waals surface area contributed by atoms with Crippen molar-refractivity contribution in [2.24, 2.45) is 11.8 Å². The molecular formula is C14H17F3N2O. The van der Waals surface area contributed by atoms with Gasteiger partial charge in [0.2, 0.25) is 0 Å². The highest BCUT2D eigenvalue weighted by Gasteiger charge is 2.34. The summed E-state index contributed by atoms with van der Waals surface area (Å²) in [5.74, 6) is 0.252. The molecule has 0 radical (unpaired) electrons. The van der Waals surface area contributed by atoms with Crippen molar-refractivity contribution in [1.29, 1.82) is 0 Å². The van der Waals surface area contributed by atoms with E-state index in [4.69, 9.17) is 5.73 Å². The molecule has 2 atom stereocenters. The van der Waals surface area contributed by atoms with Crippen LogP contribution in [0.25, 0.3) is 0 Å².